The molecule has 2 N–H and O–H groups in total. The van der Waals surface area contributed by atoms with Gasteiger partial charge in [0.05, 0.1) is 5.75 Å². The molecule has 0 saturated heterocycles. The zero-order chi connectivity index (χ0) is 20.1. The van der Waals surface area contributed by atoms with Crippen LogP contribution in [0.5, 0.6) is 0 Å². The van der Waals surface area contributed by atoms with Crippen LogP contribution in [0.1, 0.15) is 25.0 Å². The molecule has 1 aromatic heterocycles. The number of hydrogen-bond acceptors (Lipinski definition) is 5. The van der Waals surface area contributed by atoms with Crippen LogP contribution >= 0.6 is 11.8 Å². The minimum absolute atomic E-state index is 0.0451. The minimum atomic E-state index is 0.0451. The Morgan fingerprint density at radius 3 is 2.43 bits per heavy atom. The normalized spacial score (nSPS) is 11.0. The molecular weight excluding hydrogens is 370 g/mol. The summed E-state index contributed by atoms with van der Waals surface area (Å²) in [6.07, 6.45) is 0. The SMILES string of the molecule is Cc1ccc(-c2nnc(SCC(=O)N(Cc3ccccc3)C(C)C)n2N)cc1. The fourth-order valence-electron chi connectivity index (χ4n) is 2.82. The van der Waals surface area contributed by atoms with Gasteiger partial charge in [-0.15, -0.1) is 10.2 Å². The molecular formula is C21H25N5OS. The molecule has 3 rings (SSSR count). The maximum Gasteiger partial charge on any atom is 0.233 e. The summed E-state index contributed by atoms with van der Waals surface area (Å²) in [4.78, 5) is 14.7. The zero-order valence-electron chi connectivity index (χ0n) is 16.4. The molecule has 0 bridgehead atoms. The number of nitrogen functional groups attached to an aromatic ring is 1. The molecule has 1 amide bonds. The van der Waals surface area contributed by atoms with Crippen LogP contribution < -0.4 is 5.84 Å². The highest BCUT2D eigenvalue weighted by Crippen LogP contribution is 2.22. The topological polar surface area (TPSA) is 77.0 Å². The van der Waals surface area contributed by atoms with E-state index < -0.39 is 0 Å². The number of hydrogen-bond donors (Lipinski definition) is 1. The highest BCUT2D eigenvalue weighted by atomic mass is 32.2. The van der Waals surface area contributed by atoms with E-state index in [1.54, 1.807) is 0 Å². The van der Waals surface area contributed by atoms with Crippen molar-refractivity contribution in [3.63, 3.8) is 0 Å². The molecule has 146 valence electrons. The van der Waals surface area contributed by atoms with Crippen molar-refractivity contribution < 1.29 is 4.79 Å². The summed E-state index contributed by atoms with van der Waals surface area (Å²) in [7, 11) is 0. The van der Waals surface area contributed by atoms with E-state index in [0.29, 0.717) is 17.5 Å². The molecule has 1 heterocycles. The number of nitrogens with two attached hydrogens (primary N) is 1. The number of carbonyl (C=O) groups excluding carboxylic acids is 1. The van der Waals surface area contributed by atoms with E-state index in [2.05, 4.69) is 10.2 Å². The summed E-state index contributed by atoms with van der Waals surface area (Å²) in [5.41, 5.74) is 3.17. The first-order valence-electron chi connectivity index (χ1n) is 9.19. The standard InChI is InChI=1S/C21H25N5OS/c1-15(2)25(13-17-7-5-4-6-8-17)19(27)14-28-21-24-23-20(26(21)22)18-11-9-16(3)10-12-18/h4-12,15H,13-14,22H2,1-3H3. The van der Waals surface area contributed by atoms with Crippen LogP contribution in [0.25, 0.3) is 11.4 Å². The maximum atomic E-state index is 12.8. The lowest BCUT2D eigenvalue weighted by molar-refractivity contribution is -0.130. The van der Waals surface area contributed by atoms with Crippen molar-refractivity contribution in [2.24, 2.45) is 0 Å². The van der Waals surface area contributed by atoms with Crippen molar-refractivity contribution in [2.75, 3.05) is 11.6 Å². The second-order valence-corrected chi connectivity index (χ2v) is 7.87. The molecule has 28 heavy (non-hydrogen) atoms. The van der Waals surface area contributed by atoms with Crippen LogP contribution in [0.15, 0.2) is 59.8 Å². The number of amides is 1. The molecule has 3 aromatic rings. The van der Waals surface area contributed by atoms with Crippen LogP contribution in [0.4, 0.5) is 0 Å². The third-order valence-corrected chi connectivity index (χ3v) is 5.37. The molecule has 0 aliphatic carbocycles. The van der Waals surface area contributed by atoms with Crippen LogP contribution in [0, 0.1) is 6.92 Å². The monoisotopic (exact) mass is 395 g/mol. The van der Waals surface area contributed by atoms with E-state index in [1.165, 1.54) is 22.0 Å². The van der Waals surface area contributed by atoms with Gasteiger partial charge in [-0.1, -0.05) is 71.9 Å². The first kappa shape index (κ1) is 19.9. The van der Waals surface area contributed by atoms with Crippen molar-refractivity contribution in [1.82, 2.24) is 19.8 Å². The summed E-state index contributed by atoms with van der Waals surface area (Å²) < 4.78 is 1.44. The third-order valence-electron chi connectivity index (χ3n) is 4.44. The van der Waals surface area contributed by atoms with Crippen molar-refractivity contribution >= 4 is 17.7 Å². The van der Waals surface area contributed by atoms with Gasteiger partial charge in [0.1, 0.15) is 0 Å². The predicted octanol–water partition coefficient (Wildman–Crippen LogP) is 3.50. The Kier molecular flexibility index (Phi) is 6.36. The number of rotatable bonds is 7. The van der Waals surface area contributed by atoms with Crippen molar-refractivity contribution in [3.05, 3.63) is 65.7 Å². The Bertz CT molecular complexity index is 922. The smallest absolute Gasteiger partial charge is 0.233 e. The number of carbonyl (C=O) groups is 1. The molecule has 0 atom stereocenters. The molecule has 0 unspecified atom stereocenters. The first-order chi connectivity index (χ1) is 13.5. The third kappa shape index (κ3) is 4.72. The summed E-state index contributed by atoms with van der Waals surface area (Å²) >= 11 is 1.30. The van der Waals surface area contributed by atoms with E-state index >= 15 is 0 Å². The Morgan fingerprint density at radius 1 is 1.11 bits per heavy atom. The molecule has 0 fully saturated rings. The Morgan fingerprint density at radius 2 is 1.79 bits per heavy atom. The fourth-order valence-corrected chi connectivity index (χ4v) is 3.57. The maximum absolute atomic E-state index is 12.8. The van der Waals surface area contributed by atoms with Gasteiger partial charge in [0.15, 0.2) is 5.82 Å². The molecule has 6 nitrogen and oxygen atoms in total. The van der Waals surface area contributed by atoms with Gasteiger partial charge in [-0.05, 0) is 26.3 Å². The van der Waals surface area contributed by atoms with Gasteiger partial charge in [0.2, 0.25) is 11.1 Å². The van der Waals surface area contributed by atoms with Crippen molar-refractivity contribution in [3.8, 4) is 11.4 Å². The van der Waals surface area contributed by atoms with Gasteiger partial charge < -0.3 is 10.7 Å². The molecule has 7 heteroatoms. The lowest BCUT2D eigenvalue weighted by Crippen LogP contribution is -2.37. The highest BCUT2D eigenvalue weighted by Gasteiger charge is 2.20. The van der Waals surface area contributed by atoms with E-state index in [0.717, 1.165) is 11.1 Å². The molecule has 2 aromatic carbocycles. The lowest BCUT2D eigenvalue weighted by Gasteiger charge is -2.26. The average molecular weight is 396 g/mol. The van der Waals surface area contributed by atoms with Crippen LogP contribution in [-0.4, -0.2) is 37.5 Å². The molecule has 0 saturated carbocycles. The quantitative estimate of drug-likeness (QED) is 0.489. The van der Waals surface area contributed by atoms with Crippen molar-refractivity contribution in [1.29, 1.82) is 0 Å². The second-order valence-electron chi connectivity index (χ2n) is 6.93. The Hall–Kier alpha value is -2.80. The number of aromatic nitrogens is 3. The van der Waals surface area contributed by atoms with Gasteiger partial charge in [0.25, 0.3) is 0 Å². The Labute approximate surface area is 169 Å². The largest absolute Gasteiger partial charge is 0.335 e. The van der Waals surface area contributed by atoms with Gasteiger partial charge in [-0.25, -0.2) is 4.68 Å². The van der Waals surface area contributed by atoms with E-state index in [1.807, 2.05) is 80.3 Å². The molecule has 0 spiro atoms. The molecule has 0 aliphatic rings. The summed E-state index contributed by atoms with van der Waals surface area (Å²) in [6, 6.07) is 18.0. The van der Waals surface area contributed by atoms with Gasteiger partial charge >= 0.3 is 0 Å². The average Bonchev–Trinajstić information content (AvgIpc) is 3.06. The molecule has 0 aliphatic heterocycles. The van der Waals surface area contributed by atoms with Crippen LogP contribution in [-0.2, 0) is 11.3 Å². The van der Waals surface area contributed by atoms with Gasteiger partial charge in [-0.3, -0.25) is 4.79 Å². The van der Waals surface area contributed by atoms with Crippen LogP contribution in [0.2, 0.25) is 0 Å². The fraction of sp³-hybridized carbons (Fsp3) is 0.286. The number of thioether (sulfide) groups is 1. The van der Waals surface area contributed by atoms with Gasteiger partial charge in [0, 0.05) is 18.2 Å². The predicted molar refractivity (Wildman–Crippen MR) is 113 cm³/mol. The Balaban J connectivity index is 1.67. The number of benzene rings is 2. The van der Waals surface area contributed by atoms with Crippen LogP contribution in [0.3, 0.4) is 0 Å². The number of nitrogens with zero attached hydrogens (tertiary/aromatic N) is 4. The minimum Gasteiger partial charge on any atom is -0.335 e. The van der Waals surface area contributed by atoms with E-state index in [-0.39, 0.29) is 17.7 Å². The second kappa shape index (κ2) is 8.93. The summed E-state index contributed by atoms with van der Waals surface area (Å²) in [6.45, 7) is 6.65. The zero-order valence-corrected chi connectivity index (χ0v) is 17.2. The summed E-state index contributed by atoms with van der Waals surface area (Å²) in [5.74, 6) is 7.05. The summed E-state index contributed by atoms with van der Waals surface area (Å²) in [5, 5.41) is 8.86. The van der Waals surface area contributed by atoms with E-state index in [9.17, 15) is 4.79 Å². The first-order valence-corrected chi connectivity index (χ1v) is 10.2. The van der Waals surface area contributed by atoms with Crippen molar-refractivity contribution in [2.45, 2.75) is 38.5 Å². The number of aryl methyl sites for hydroxylation is 1. The molecule has 0 radical (unpaired) electrons. The lowest BCUT2D eigenvalue weighted by atomic mass is 10.1. The van der Waals surface area contributed by atoms with E-state index in [4.69, 9.17) is 5.84 Å². The highest BCUT2D eigenvalue weighted by molar-refractivity contribution is 7.99. The van der Waals surface area contributed by atoms with Gasteiger partial charge in [-0.2, -0.15) is 0 Å².